The molecule has 0 amide bonds. The number of aromatic nitrogens is 1. The number of pyridine rings is 1. The molecule has 1 aromatic carbocycles. The van der Waals surface area contributed by atoms with E-state index in [2.05, 4.69) is 0 Å². The van der Waals surface area contributed by atoms with Gasteiger partial charge in [0.1, 0.15) is 5.75 Å². The summed E-state index contributed by atoms with van der Waals surface area (Å²) in [4.78, 5) is 12.1. The zero-order valence-electron chi connectivity index (χ0n) is 10.6. The maximum atomic E-state index is 12.1. The van der Waals surface area contributed by atoms with Crippen molar-refractivity contribution in [3.05, 3.63) is 40.2 Å². The fourth-order valence-electron chi connectivity index (χ4n) is 2.19. The van der Waals surface area contributed by atoms with Crippen molar-refractivity contribution in [2.24, 2.45) is 0 Å². The molecule has 0 fully saturated rings. The van der Waals surface area contributed by atoms with Gasteiger partial charge >= 0.3 is 0 Å². The number of aryl methyl sites for hydroxylation is 2. The summed E-state index contributed by atoms with van der Waals surface area (Å²) >= 11 is 0. The van der Waals surface area contributed by atoms with E-state index in [1.54, 1.807) is 17.7 Å². The summed E-state index contributed by atoms with van der Waals surface area (Å²) in [7, 11) is 1.60. The van der Waals surface area contributed by atoms with Crippen LogP contribution in [0.2, 0.25) is 0 Å². The molecule has 0 bridgehead atoms. The summed E-state index contributed by atoms with van der Waals surface area (Å²) < 4.78 is 7.00. The van der Waals surface area contributed by atoms with E-state index < -0.39 is 0 Å². The van der Waals surface area contributed by atoms with Gasteiger partial charge in [0.25, 0.3) is 5.56 Å². The summed E-state index contributed by atoms with van der Waals surface area (Å²) in [5, 5.41) is 9.93. The Morgan fingerprint density at radius 2 is 2.17 bits per heavy atom. The average molecular weight is 247 g/mol. The van der Waals surface area contributed by atoms with E-state index in [9.17, 15) is 4.79 Å². The Balaban J connectivity index is 2.77. The number of rotatable bonds is 4. The van der Waals surface area contributed by atoms with Gasteiger partial charge in [0.05, 0.1) is 12.6 Å². The molecule has 0 saturated heterocycles. The van der Waals surface area contributed by atoms with Crippen LogP contribution in [0.25, 0.3) is 10.9 Å². The highest BCUT2D eigenvalue weighted by Gasteiger charge is 2.10. The predicted molar refractivity (Wildman–Crippen MR) is 71.2 cm³/mol. The first-order chi connectivity index (χ1) is 8.69. The third-order valence-electron chi connectivity index (χ3n) is 3.06. The maximum Gasteiger partial charge on any atom is 0.251 e. The Hall–Kier alpha value is -1.81. The van der Waals surface area contributed by atoms with E-state index in [1.165, 1.54) is 0 Å². The van der Waals surface area contributed by atoms with Crippen LogP contribution in [0, 0.1) is 6.92 Å². The maximum absolute atomic E-state index is 12.1. The van der Waals surface area contributed by atoms with Crippen molar-refractivity contribution in [2.45, 2.75) is 19.9 Å². The number of nitrogens with zero attached hydrogens (tertiary/aromatic N) is 1. The van der Waals surface area contributed by atoms with Gasteiger partial charge in [-0.3, -0.25) is 4.79 Å². The number of aliphatic hydroxyl groups is 1. The third kappa shape index (κ3) is 2.11. The molecule has 1 N–H and O–H groups in total. The zero-order chi connectivity index (χ0) is 13.1. The van der Waals surface area contributed by atoms with Crippen molar-refractivity contribution < 1.29 is 9.84 Å². The molecule has 1 aromatic heterocycles. The van der Waals surface area contributed by atoms with Crippen LogP contribution in [0.3, 0.4) is 0 Å². The molecule has 96 valence electrons. The standard InChI is InChI=1S/C14H17NO3/c1-10-9-13(17)15(7-4-8-16)14-11(10)5-3-6-12(14)18-2/h3,5-6,9,16H,4,7-8H2,1-2H3. The summed E-state index contributed by atoms with van der Waals surface area (Å²) in [6.45, 7) is 2.48. The smallest absolute Gasteiger partial charge is 0.251 e. The minimum atomic E-state index is -0.0575. The molecule has 2 rings (SSSR count). The number of para-hydroxylation sites is 1. The number of fused-ring (bicyclic) bond motifs is 1. The monoisotopic (exact) mass is 247 g/mol. The minimum Gasteiger partial charge on any atom is -0.495 e. The van der Waals surface area contributed by atoms with Crippen molar-refractivity contribution >= 4 is 10.9 Å². The van der Waals surface area contributed by atoms with Crippen LogP contribution in [0.1, 0.15) is 12.0 Å². The fraction of sp³-hybridized carbons (Fsp3) is 0.357. The molecular formula is C14H17NO3. The highest BCUT2D eigenvalue weighted by atomic mass is 16.5. The Morgan fingerprint density at radius 3 is 2.83 bits per heavy atom. The molecule has 18 heavy (non-hydrogen) atoms. The van der Waals surface area contributed by atoms with Gasteiger partial charge in [0.15, 0.2) is 0 Å². The Morgan fingerprint density at radius 1 is 1.39 bits per heavy atom. The molecule has 0 radical (unpaired) electrons. The van der Waals surface area contributed by atoms with Crippen LogP contribution in [-0.4, -0.2) is 23.4 Å². The second-order valence-electron chi connectivity index (χ2n) is 4.25. The Labute approximate surface area is 105 Å². The molecule has 0 aliphatic rings. The number of aliphatic hydroxyl groups excluding tert-OH is 1. The molecule has 4 heteroatoms. The molecule has 4 nitrogen and oxygen atoms in total. The summed E-state index contributed by atoms with van der Waals surface area (Å²) in [5.74, 6) is 0.686. The number of hydrogen-bond acceptors (Lipinski definition) is 3. The molecule has 0 atom stereocenters. The van der Waals surface area contributed by atoms with Gasteiger partial charge in [-0.05, 0) is 25.0 Å². The highest BCUT2D eigenvalue weighted by molar-refractivity contribution is 5.87. The van der Waals surface area contributed by atoms with E-state index in [1.807, 2.05) is 25.1 Å². The normalized spacial score (nSPS) is 10.8. The predicted octanol–water partition coefficient (Wildman–Crippen LogP) is 1.70. The fourth-order valence-corrected chi connectivity index (χ4v) is 2.19. The van der Waals surface area contributed by atoms with E-state index >= 15 is 0 Å². The SMILES string of the molecule is COc1cccc2c(C)cc(=O)n(CCCO)c12. The highest BCUT2D eigenvalue weighted by Crippen LogP contribution is 2.26. The third-order valence-corrected chi connectivity index (χ3v) is 3.06. The summed E-state index contributed by atoms with van der Waals surface area (Å²) in [6, 6.07) is 7.35. The van der Waals surface area contributed by atoms with Crippen LogP contribution in [0.15, 0.2) is 29.1 Å². The van der Waals surface area contributed by atoms with E-state index in [0.29, 0.717) is 18.7 Å². The van der Waals surface area contributed by atoms with Gasteiger partial charge < -0.3 is 14.4 Å². The first kappa shape index (κ1) is 12.6. The molecule has 2 aromatic rings. The first-order valence-corrected chi connectivity index (χ1v) is 5.97. The molecule has 0 unspecified atom stereocenters. The summed E-state index contributed by atoms with van der Waals surface area (Å²) in [5.41, 5.74) is 1.69. The lowest BCUT2D eigenvalue weighted by Crippen LogP contribution is -2.21. The molecule has 1 heterocycles. The van der Waals surface area contributed by atoms with E-state index in [4.69, 9.17) is 9.84 Å². The second kappa shape index (κ2) is 5.23. The van der Waals surface area contributed by atoms with Crippen molar-refractivity contribution in [3.63, 3.8) is 0 Å². The quantitative estimate of drug-likeness (QED) is 0.894. The molecule has 0 spiro atoms. The second-order valence-corrected chi connectivity index (χ2v) is 4.25. The Bertz CT molecular complexity index is 616. The van der Waals surface area contributed by atoms with Crippen molar-refractivity contribution in [1.29, 1.82) is 0 Å². The average Bonchev–Trinajstić information content (AvgIpc) is 2.38. The van der Waals surface area contributed by atoms with Crippen LogP contribution < -0.4 is 10.3 Å². The van der Waals surface area contributed by atoms with Gasteiger partial charge in [-0.2, -0.15) is 0 Å². The van der Waals surface area contributed by atoms with Crippen molar-refractivity contribution in [1.82, 2.24) is 4.57 Å². The molecule has 0 aliphatic carbocycles. The summed E-state index contributed by atoms with van der Waals surface area (Å²) in [6.07, 6.45) is 0.552. The van der Waals surface area contributed by atoms with Gasteiger partial charge in [-0.25, -0.2) is 0 Å². The van der Waals surface area contributed by atoms with Crippen molar-refractivity contribution in [3.8, 4) is 5.75 Å². The topological polar surface area (TPSA) is 51.5 Å². The molecule has 0 aliphatic heterocycles. The van der Waals surface area contributed by atoms with Gasteiger partial charge in [-0.15, -0.1) is 0 Å². The molecule has 0 saturated carbocycles. The van der Waals surface area contributed by atoms with Crippen LogP contribution in [0.4, 0.5) is 0 Å². The number of ether oxygens (including phenoxy) is 1. The molecular weight excluding hydrogens is 230 g/mol. The largest absolute Gasteiger partial charge is 0.495 e. The van der Waals surface area contributed by atoms with Gasteiger partial charge in [0.2, 0.25) is 0 Å². The van der Waals surface area contributed by atoms with Crippen LogP contribution in [0.5, 0.6) is 5.75 Å². The number of benzene rings is 1. The zero-order valence-corrected chi connectivity index (χ0v) is 10.6. The van der Waals surface area contributed by atoms with Gasteiger partial charge in [0, 0.05) is 24.6 Å². The lowest BCUT2D eigenvalue weighted by atomic mass is 10.1. The lowest BCUT2D eigenvalue weighted by molar-refractivity contribution is 0.279. The van der Waals surface area contributed by atoms with E-state index in [0.717, 1.165) is 16.5 Å². The number of methoxy groups -OCH3 is 1. The Kier molecular flexibility index (Phi) is 3.67. The van der Waals surface area contributed by atoms with Crippen molar-refractivity contribution in [2.75, 3.05) is 13.7 Å². The first-order valence-electron chi connectivity index (χ1n) is 5.97. The number of hydrogen-bond donors (Lipinski definition) is 1. The van der Waals surface area contributed by atoms with Crippen LogP contribution in [-0.2, 0) is 6.54 Å². The lowest BCUT2D eigenvalue weighted by Gasteiger charge is -2.14. The van der Waals surface area contributed by atoms with Crippen LogP contribution >= 0.6 is 0 Å². The van der Waals surface area contributed by atoms with Gasteiger partial charge in [-0.1, -0.05) is 12.1 Å². The van der Waals surface area contributed by atoms with E-state index in [-0.39, 0.29) is 12.2 Å². The minimum absolute atomic E-state index is 0.0575.